The standard InChI is InChI=1S/C25H23N5O5/c1-15-20(35-25(32)17-10-6-3-7-11-17)18(12-33-24(31)16-8-4-2-5-9-16)34-23(15)30-14-29-19-21(26)27-13-28-22(19)30/h2-11,13-15,18,20,23H,12H2,1H3,(H2,26,27,28)/t15?,18-,20-,23-/m0/s1. The molecule has 10 nitrogen and oxygen atoms in total. The minimum atomic E-state index is -0.716. The molecule has 0 bridgehead atoms. The minimum Gasteiger partial charge on any atom is -0.459 e. The summed E-state index contributed by atoms with van der Waals surface area (Å²) in [4.78, 5) is 38.0. The van der Waals surface area contributed by atoms with Gasteiger partial charge in [0, 0.05) is 5.92 Å². The van der Waals surface area contributed by atoms with Crippen LogP contribution in [0.1, 0.15) is 33.9 Å². The van der Waals surface area contributed by atoms with Crippen LogP contribution in [0.2, 0.25) is 0 Å². The molecule has 178 valence electrons. The summed E-state index contributed by atoms with van der Waals surface area (Å²) in [7, 11) is 0. The molecule has 0 radical (unpaired) electrons. The molecule has 10 heteroatoms. The van der Waals surface area contributed by atoms with Gasteiger partial charge in [-0.25, -0.2) is 24.5 Å². The number of nitrogens with zero attached hydrogens (tertiary/aromatic N) is 4. The van der Waals surface area contributed by atoms with E-state index in [1.165, 1.54) is 6.33 Å². The Balaban J connectivity index is 1.40. The molecule has 0 saturated carbocycles. The topological polar surface area (TPSA) is 131 Å². The number of rotatable bonds is 6. The predicted molar refractivity (Wildman–Crippen MR) is 125 cm³/mol. The molecule has 1 aliphatic rings. The average molecular weight is 473 g/mol. The van der Waals surface area contributed by atoms with Gasteiger partial charge in [-0.2, -0.15) is 0 Å². The number of aromatic nitrogens is 4. The molecule has 4 aromatic rings. The van der Waals surface area contributed by atoms with E-state index in [-0.39, 0.29) is 18.3 Å². The van der Waals surface area contributed by atoms with Gasteiger partial charge in [-0.3, -0.25) is 4.57 Å². The quantitative estimate of drug-likeness (QED) is 0.420. The van der Waals surface area contributed by atoms with Crippen LogP contribution in [0.25, 0.3) is 11.2 Å². The molecule has 0 aliphatic carbocycles. The van der Waals surface area contributed by atoms with Gasteiger partial charge in [0.25, 0.3) is 0 Å². The second-order valence-electron chi connectivity index (χ2n) is 8.21. The van der Waals surface area contributed by atoms with E-state index >= 15 is 0 Å². The van der Waals surface area contributed by atoms with Gasteiger partial charge in [0.15, 0.2) is 11.5 Å². The molecule has 2 aromatic heterocycles. The van der Waals surface area contributed by atoms with E-state index < -0.39 is 30.4 Å². The zero-order valence-electron chi connectivity index (χ0n) is 18.9. The van der Waals surface area contributed by atoms with Crippen LogP contribution in [-0.2, 0) is 14.2 Å². The first-order chi connectivity index (χ1) is 17.0. The predicted octanol–water partition coefficient (Wildman–Crippen LogP) is 3.02. The van der Waals surface area contributed by atoms with Crippen molar-refractivity contribution in [3.8, 4) is 0 Å². The number of ether oxygens (including phenoxy) is 3. The average Bonchev–Trinajstić information content (AvgIpc) is 3.45. The van der Waals surface area contributed by atoms with E-state index in [1.54, 1.807) is 59.4 Å². The third-order valence-electron chi connectivity index (χ3n) is 5.95. The highest BCUT2D eigenvalue weighted by atomic mass is 16.6. The summed E-state index contributed by atoms with van der Waals surface area (Å²) in [6.07, 6.45) is 0.899. The fourth-order valence-corrected chi connectivity index (χ4v) is 4.16. The lowest BCUT2D eigenvalue weighted by Gasteiger charge is -2.21. The molecule has 1 aliphatic heterocycles. The van der Waals surface area contributed by atoms with Crippen molar-refractivity contribution in [1.82, 2.24) is 19.5 Å². The number of nitrogens with two attached hydrogens (primary N) is 1. The van der Waals surface area contributed by atoms with Crippen LogP contribution in [0.15, 0.2) is 73.3 Å². The van der Waals surface area contributed by atoms with Crippen LogP contribution in [-0.4, -0.2) is 50.3 Å². The van der Waals surface area contributed by atoms with E-state index in [0.29, 0.717) is 22.3 Å². The molecule has 35 heavy (non-hydrogen) atoms. The van der Waals surface area contributed by atoms with Gasteiger partial charge in [0.1, 0.15) is 36.9 Å². The molecule has 2 aromatic carbocycles. The number of carbonyl (C=O) groups is 2. The summed E-state index contributed by atoms with van der Waals surface area (Å²) >= 11 is 0. The number of nitrogen functional groups attached to an aromatic ring is 1. The van der Waals surface area contributed by atoms with Gasteiger partial charge >= 0.3 is 11.9 Å². The van der Waals surface area contributed by atoms with Crippen LogP contribution >= 0.6 is 0 Å². The fraction of sp³-hybridized carbons (Fsp3) is 0.240. The monoisotopic (exact) mass is 473 g/mol. The largest absolute Gasteiger partial charge is 0.459 e. The summed E-state index contributed by atoms with van der Waals surface area (Å²) in [5.41, 5.74) is 7.70. The number of carbonyl (C=O) groups excluding carboxylic acids is 2. The summed E-state index contributed by atoms with van der Waals surface area (Å²) < 4.78 is 19.4. The van der Waals surface area contributed by atoms with E-state index in [0.717, 1.165) is 0 Å². The van der Waals surface area contributed by atoms with Crippen molar-refractivity contribution in [1.29, 1.82) is 0 Å². The second-order valence-corrected chi connectivity index (χ2v) is 8.21. The Labute approximate surface area is 200 Å². The zero-order valence-corrected chi connectivity index (χ0v) is 18.9. The summed E-state index contributed by atoms with van der Waals surface area (Å²) in [5, 5.41) is 0. The van der Waals surface area contributed by atoms with Gasteiger partial charge in [-0.15, -0.1) is 0 Å². The Morgan fingerprint density at radius 1 is 0.971 bits per heavy atom. The number of imidazole rings is 1. The van der Waals surface area contributed by atoms with E-state index in [2.05, 4.69) is 15.0 Å². The lowest BCUT2D eigenvalue weighted by atomic mass is 10.0. The molecule has 1 unspecified atom stereocenters. The van der Waals surface area contributed by atoms with E-state index in [4.69, 9.17) is 19.9 Å². The van der Waals surface area contributed by atoms with Crippen LogP contribution in [0.5, 0.6) is 0 Å². The van der Waals surface area contributed by atoms with Crippen LogP contribution < -0.4 is 5.73 Å². The maximum atomic E-state index is 12.9. The highest BCUT2D eigenvalue weighted by Crippen LogP contribution is 2.38. The third kappa shape index (κ3) is 4.43. The molecular formula is C25H23N5O5. The number of fused-ring (bicyclic) bond motifs is 1. The molecule has 5 rings (SSSR count). The molecule has 3 heterocycles. The normalized spacial score (nSPS) is 21.6. The minimum absolute atomic E-state index is 0.106. The number of hydrogen-bond donors (Lipinski definition) is 1. The van der Waals surface area contributed by atoms with Gasteiger partial charge in [-0.1, -0.05) is 43.3 Å². The zero-order chi connectivity index (χ0) is 24.4. The van der Waals surface area contributed by atoms with Crippen molar-refractivity contribution in [3.05, 3.63) is 84.4 Å². The first-order valence-electron chi connectivity index (χ1n) is 11.1. The van der Waals surface area contributed by atoms with E-state index in [9.17, 15) is 9.59 Å². The first kappa shape index (κ1) is 22.5. The molecule has 1 fully saturated rings. The first-order valence-corrected chi connectivity index (χ1v) is 11.1. The molecule has 2 N–H and O–H groups in total. The van der Waals surface area contributed by atoms with Crippen molar-refractivity contribution in [2.45, 2.75) is 25.4 Å². The molecule has 0 amide bonds. The molecule has 4 atom stereocenters. The summed E-state index contributed by atoms with van der Waals surface area (Å²) in [6.45, 7) is 1.79. The van der Waals surface area contributed by atoms with Crippen molar-refractivity contribution in [2.75, 3.05) is 12.3 Å². The summed E-state index contributed by atoms with van der Waals surface area (Å²) in [6, 6.07) is 17.3. The lowest BCUT2D eigenvalue weighted by Crippen LogP contribution is -2.35. The Morgan fingerprint density at radius 2 is 1.63 bits per heavy atom. The Hall–Kier alpha value is -4.31. The van der Waals surface area contributed by atoms with Gasteiger partial charge in [0.2, 0.25) is 0 Å². The molecule has 1 saturated heterocycles. The van der Waals surface area contributed by atoms with Crippen LogP contribution in [0.3, 0.4) is 0 Å². The number of benzene rings is 2. The number of hydrogen-bond acceptors (Lipinski definition) is 9. The Bertz CT molecular complexity index is 1340. The number of anilines is 1. The Kier molecular flexibility index (Phi) is 6.11. The van der Waals surface area contributed by atoms with Crippen LogP contribution in [0, 0.1) is 5.92 Å². The number of esters is 2. The van der Waals surface area contributed by atoms with Crippen molar-refractivity contribution >= 4 is 28.9 Å². The van der Waals surface area contributed by atoms with Crippen molar-refractivity contribution in [2.24, 2.45) is 5.92 Å². The third-order valence-corrected chi connectivity index (χ3v) is 5.95. The second kappa shape index (κ2) is 9.51. The fourth-order valence-electron chi connectivity index (χ4n) is 4.16. The lowest BCUT2D eigenvalue weighted by molar-refractivity contribution is -0.0567. The maximum absolute atomic E-state index is 12.9. The molecule has 0 spiro atoms. The summed E-state index contributed by atoms with van der Waals surface area (Å²) in [5.74, 6) is -1.06. The SMILES string of the molecule is CC1[C@H](OC(=O)c2ccccc2)[C@H](COC(=O)c2ccccc2)O[C@@H]1n1cnc2c(N)ncnc21. The maximum Gasteiger partial charge on any atom is 0.338 e. The van der Waals surface area contributed by atoms with Crippen molar-refractivity contribution < 1.29 is 23.8 Å². The van der Waals surface area contributed by atoms with Crippen molar-refractivity contribution in [3.63, 3.8) is 0 Å². The van der Waals surface area contributed by atoms with Gasteiger partial charge in [-0.05, 0) is 24.3 Å². The Morgan fingerprint density at radius 3 is 2.31 bits per heavy atom. The molecular weight excluding hydrogens is 450 g/mol. The van der Waals surface area contributed by atoms with E-state index in [1.807, 2.05) is 19.1 Å². The smallest absolute Gasteiger partial charge is 0.338 e. The van der Waals surface area contributed by atoms with Gasteiger partial charge < -0.3 is 19.9 Å². The van der Waals surface area contributed by atoms with Crippen LogP contribution in [0.4, 0.5) is 5.82 Å². The highest BCUT2D eigenvalue weighted by molar-refractivity contribution is 5.90. The highest BCUT2D eigenvalue weighted by Gasteiger charge is 2.46. The van der Waals surface area contributed by atoms with Gasteiger partial charge in [0.05, 0.1) is 17.5 Å².